The van der Waals surface area contributed by atoms with E-state index in [1.54, 1.807) is 4.90 Å². The monoisotopic (exact) mass is 281 g/mol. The van der Waals surface area contributed by atoms with Crippen LogP contribution < -0.4 is 16.4 Å². The molecule has 5 N–H and O–H groups in total. The number of carbonyl (C=O) groups excluding carboxylic acids is 1. The normalized spacial score (nSPS) is 16.1. The second kappa shape index (κ2) is 5.36. The van der Waals surface area contributed by atoms with Crippen LogP contribution in [0.15, 0.2) is 12.1 Å². The number of carbonyl (C=O) groups is 2. The standard InChI is InChI=1S/C13H16FN3O3/c14-8-1-2-9(10(11(8)15)13(19)20)17-5-3-7(4-6-17)12(16)18/h1-2,7H,3-6,15H2,(H2,16,18)(H,19,20). The van der Waals surface area contributed by atoms with Gasteiger partial charge in [-0.15, -0.1) is 0 Å². The molecule has 6 nitrogen and oxygen atoms in total. The maximum Gasteiger partial charge on any atom is 0.340 e. The van der Waals surface area contributed by atoms with Gasteiger partial charge in [-0.25, -0.2) is 9.18 Å². The quantitative estimate of drug-likeness (QED) is 0.710. The van der Waals surface area contributed by atoms with Crippen LogP contribution in [0.4, 0.5) is 15.8 Å². The van der Waals surface area contributed by atoms with Crippen LogP contribution in [0.3, 0.4) is 0 Å². The van der Waals surface area contributed by atoms with E-state index in [0.717, 1.165) is 6.07 Å². The van der Waals surface area contributed by atoms with Gasteiger partial charge in [-0.3, -0.25) is 4.79 Å². The number of benzene rings is 1. The number of anilines is 2. The fraction of sp³-hybridized carbons (Fsp3) is 0.385. The molecule has 0 atom stereocenters. The van der Waals surface area contributed by atoms with Gasteiger partial charge in [-0.2, -0.15) is 0 Å². The number of nitrogens with two attached hydrogens (primary N) is 2. The summed E-state index contributed by atoms with van der Waals surface area (Å²) in [5, 5.41) is 9.19. The summed E-state index contributed by atoms with van der Waals surface area (Å²) in [6.07, 6.45) is 1.09. The maximum absolute atomic E-state index is 13.4. The summed E-state index contributed by atoms with van der Waals surface area (Å²) in [5.41, 5.74) is 10.5. The molecular formula is C13H16FN3O3. The third kappa shape index (κ3) is 2.52. The summed E-state index contributed by atoms with van der Waals surface area (Å²) >= 11 is 0. The van der Waals surface area contributed by atoms with Crippen LogP contribution in [-0.2, 0) is 4.79 Å². The third-order valence-corrected chi connectivity index (χ3v) is 3.62. The molecule has 1 heterocycles. The molecule has 0 saturated carbocycles. The van der Waals surface area contributed by atoms with Crippen molar-refractivity contribution in [2.75, 3.05) is 23.7 Å². The van der Waals surface area contributed by atoms with Gasteiger partial charge in [0.05, 0.1) is 11.4 Å². The van der Waals surface area contributed by atoms with E-state index >= 15 is 0 Å². The molecule has 1 aromatic rings. The highest BCUT2D eigenvalue weighted by molar-refractivity contribution is 6.00. The van der Waals surface area contributed by atoms with E-state index < -0.39 is 11.8 Å². The SMILES string of the molecule is NC(=O)C1CCN(c2ccc(F)c(N)c2C(=O)O)CC1. The average Bonchev–Trinajstić information content (AvgIpc) is 2.41. The van der Waals surface area contributed by atoms with E-state index in [2.05, 4.69) is 0 Å². The highest BCUT2D eigenvalue weighted by Crippen LogP contribution is 2.31. The van der Waals surface area contributed by atoms with E-state index in [4.69, 9.17) is 11.5 Å². The third-order valence-electron chi connectivity index (χ3n) is 3.62. The van der Waals surface area contributed by atoms with E-state index in [0.29, 0.717) is 31.6 Å². The van der Waals surface area contributed by atoms with Gasteiger partial charge in [0, 0.05) is 19.0 Å². The number of halogens is 1. The number of primary amides is 1. The zero-order valence-electron chi connectivity index (χ0n) is 10.8. The molecule has 1 saturated heterocycles. The first-order valence-electron chi connectivity index (χ1n) is 6.27. The van der Waals surface area contributed by atoms with Crippen LogP contribution in [0.25, 0.3) is 0 Å². The first kappa shape index (κ1) is 14.1. The summed E-state index contributed by atoms with van der Waals surface area (Å²) in [7, 11) is 0. The van der Waals surface area contributed by atoms with Crippen LogP contribution in [0.2, 0.25) is 0 Å². The minimum Gasteiger partial charge on any atom is -0.478 e. The predicted octanol–water partition coefficient (Wildman–Crippen LogP) is 0.808. The zero-order valence-corrected chi connectivity index (χ0v) is 10.8. The Morgan fingerprint density at radius 3 is 2.40 bits per heavy atom. The molecule has 7 heteroatoms. The Morgan fingerprint density at radius 2 is 1.90 bits per heavy atom. The van der Waals surface area contributed by atoms with Crippen molar-refractivity contribution in [3.05, 3.63) is 23.5 Å². The Kier molecular flexibility index (Phi) is 3.78. The van der Waals surface area contributed by atoms with Crippen molar-refractivity contribution in [2.24, 2.45) is 11.7 Å². The molecule has 1 aromatic carbocycles. The van der Waals surface area contributed by atoms with E-state index in [9.17, 15) is 19.1 Å². The second-order valence-electron chi connectivity index (χ2n) is 4.82. The lowest BCUT2D eigenvalue weighted by Gasteiger charge is -2.33. The fourth-order valence-corrected chi connectivity index (χ4v) is 2.48. The number of carboxylic acid groups (broad SMARTS) is 1. The van der Waals surface area contributed by atoms with Crippen LogP contribution in [0.5, 0.6) is 0 Å². The van der Waals surface area contributed by atoms with Crippen molar-refractivity contribution in [2.45, 2.75) is 12.8 Å². The number of amides is 1. The van der Waals surface area contributed by atoms with Crippen molar-refractivity contribution >= 4 is 23.3 Å². The van der Waals surface area contributed by atoms with E-state index in [1.807, 2.05) is 0 Å². The van der Waals surface area contributed by atoms with Crippen molar-refractivity contribution in [3.8, 4) is 0 Å². The first-order chi connectivity index (χ1) is 9.41. The summed E-state index contributed by atoms with van der Waals surface area (Å²) in [5.74, 6) is -2.56. The van der Waals surface area contributed by atoms with Gasteiger partial charge in [0.1, 0.15) is 11.4 Å². The van der Waals surface area contributed by atoms with Gasteiger partial charge in [-0.05, 0) is 25.0 Å². The molecule has 0 aromatic heterocycles. The molecule has 1 aliphatic heterocycles. The summed E-state index contributed by atoms with van der Waals surface area (Å²) in [4.78, 5) is 24.2. The lowest BCUT2D eigenvalue weighted by atomic mass is 9.95. The van der Waals surface area contributed by atoms with Gasteiger partial charge >= 0.3 is 5.97 Å². The summed E-state index contributed by atoms with van der Waals surface area (Å²) in [6, 6.07) is 2.55. The van der Waals surface area contributed by atoms with Crippen molar-refractivity contribution < 1.29 is 19.1 Å². The lowest BCUT2D eigenvalue weighted by molar-refractivity contribution is -0.122. The Hall–Kier alpha value is -2.31. The number of nitrogen functional groups attached to an aromatic ring is 1. The highest BCUT2D eigenvalue weighted by Gasteiger charge is 2.27. The van der Waals surface area contributed by atoms with Gasteiger partial charge in [0.25, 0.3) is 0 Å². The number of carboxylic acids is 1. The number of aromatic carboxylic acids is 1. The molecule has 0 radical (unpaired) electrons. The Morgan fingerprint density at radius 1 is 1.30 bits per heavy atom. The van der Waals surface area contributed by atoms with Crippen LogP contribution in [-0.4, -0.2) is 30.1 Å². The van der Waals surface area contributed by atoms with Crippen molar-refractivity contribution in [1.29, 1.82) is 0 Å². The Labute approximate surface area is 115 Å². The summed E-state index contributed by atoms with van der Waals surface area (Å²) < 4.78 is 13.4. The smallest absolute Gasteiger partial charge is 0.340 e. The van der Waals surface area contributed by atoms with E-state index in [1.165, 1.54) is 6.07 Å². The van der Waals surface area contributed by atoms with Crippen LogP contribution in [0.1, 0.15) is 23.2 Å². The van der Waals surface area contributed by atoms with Crippen molar-refractivity contribution in [3.63, 3.8) is 0 Å². The number of rotatable bonds is 3. The van der Waals surface area contributed by atoms with Gasteiger partial charge < -0.3 is 21.5 Å². The molecule has 1 amide bonds. The molecule has 2 rings (SSSR count). The van der Waals surface area contributed by atoms with Gasteiger partial charge in [-0.1, -0.05) is 0 Å². The lowest BCUT2D eigenvalue weighted by Crippen LogP contribution is -2.39. The molecule has 0 aliphatic carbocycles. The topological polar surface area (TPSA) is 110 Å². The largest absolute Gasteiger partial charge is 0.478 e. The molecule has 0 unspecified atom stereocenters. The van der Waals surface area contributed by atoms with Gasteiger partial charge in [0.15, 0.2) is 0 Å². The Balaban J connectivity index is 2.28. The van der Waals surface area contributed by atoms with E-state index in [-0.39, 0.29) is 23.1 Å². The number of piperidine rings is 1. The average molecular weight is 281 g/mol. The maximum atomic E-state index is 13.4. The van der Waals surface area contributed by atoms with Gasteiger partial charge in [0.2, 0.25) is 5.91 Å². The molecule has 108 valence electrons. The summed E-state index contributed by atoms with van der Waals surface area (Å²) in [6.45, 7) is 0.970. The molecule has 0 bridgehead atoms. The first-order valence-corrected chi connectivity index (χ1v) is 6.27. The zero-order chi connectivity index (χ0) is 14.9. The fourth-order valence-electron chi connectivity index (χ4n) is 2.48. The minimum absolute atomic E-state index is 0.197. The minimum atomic E-state index is -1.27. The Bertz CT molecular complexity index is 554. The molecule has 0 spiro atoms. The van der Waals surface area contributed by atoms with Crippen molar-refractivity contribution in [1.82, 2.24) is 0 Å². The molecule has 1 fully saturated rings. The molecule has 1 aliphatic rings. The van der Waals surface area contributed by atoms with Crippen LogP contribution >= 0.6 is 0 Å². The van der Waals surface area contributed by atoms with Crippen LogP contribution in [0, 0.1) is 11.7 Å². The number of nitrogens with zero attached hydrogens (tertiary/aromatic N) is 1. The highest BCUT2D eigenvalue weighted by atomic mass is 19.1. The molecule has 20 heavy (non-hydrogen) atoms. The predicted molar refractivity (Wildman–Crippen MR) is 71.9 cm³/mol. The number of hydrogen-bond donors (Lipinski definition) is 3. The number of hydrogen-bond acceptors (Lipinski definition) is 4. The molecular weight excluding hydrogens is 265 g/mol. The second-order valence-corrected chi connectivity index (χ2v) is 4.82.